The Labute approximate surface area is 129 Å². The van der Waals surface area contributed by atoms with Crippen LogP contribution in [0.15, 0.2) is 30.3 Å². The quantitative estimate of drug-likeness (QED) is 0.881. The molecule has 0 saturated carbocycles. The fourth-order valence-corrected chi connectivity index (χ4v) is 1.84. The first kappa shape index (κ1) is 17.3. The predicted molar refractivity (Wildman–Crippen MR) is 84.9 cm³/mol. The summed E-state index contributed by atoms with van der Waals surface area (Å²) in [6.07, 6.45) is 1.79. The zero-order valence-electron chi connectivity index (χ0n) is 12.8. The molecule has 0 aromatic heterocycles. The van der Waals surface area contributed by atoms with Gasteiger partial charge in [0.15, 0.2) is 0 Å². The number of hydrogen-bond acceptors (Lipinski definition) is 4. The summed E-state index contributed by atoms with van der Waals surface area (Å²) in [7, 11) is 0. The number of rotatable bonds is 3. The normalized spacial score (nSPS) is 9.41. The third-order valence-corrected chi connectivity index (χ3v) is 3.31. The van der Waals surface area contributed by atoms with Gasteiger partial charge < -0.3 is 5.11 Å². The summed E-state index contributed by atoms with van der Waals surface area (Å²) in [4.78, 5) is 30.9. The molecule has 0 amide bonds. The van der Waals surface area contributed by atoms with E-state index in [1.807, 2.05) is 32.9 Å². The third kappa shape index (κ3) is 4.38. The largest absolute Gasteiger partial charge is 0.507 e. The first-order valence-corrected chi connectivity index (χ1v) is 6.69. The highest BCUT2D eigenvalue weighted by Gasteiger charge is 2.00. The van der Waals surface area contributed by atoms with Gasteiger partial charge in [0.2, 0.25) is 0 Å². The second-order valence-electron chi connectivity index (χ2n) is 4.96. The molecule has 0 saturated heterocycles. The van der Waals surface area contributed by atoms with E-state index in [0.717, 1.165) is 16.7 Å². The van der Waals surface area contributed by atoms with Crippen molar-refractivity contribution < 1.29 is 19.5 Å². The number of aromatic hydroxyl groups is 1. The number of benzene rings is 2. The maximum Gasteiger partial charge on any atom is 0.150 e. The Morgan fingerprint density at radius 2 is 1.09 bits per heavy atom. The molecule has 0 aliphatic heterocycles. The van der Waals surface area contributed by atoms with E-state index in [9.17, 15) is 19.5 Å². The van der Waals surface area contributed by atoms with Crippen molar-refractivity contribution in [2.75, 3.05) is 0 Å². The molecule has 0 aliphatic carbocycles. The number of aryl methyl sites for hydroxylation is 2. The van der Waals surface area contributed by atoms with Crippen LogP contribution in [0.3, 0.4) is 0 Å². The summed E-state index contributed by atoms with van der Waals surface area (Å²) in [6, 6.07) is 8.22. The van der Waals surface area contributed by atoms with Crippen LogP contribution in [0.2, 0.25) is 0 Å². The molecule has 4 heteroatoms. The Bertz CT molecular complexity index is 611. The van der Waals surface area contributed by atoms with E-state index in [2.05, 4.69) is 0 Å². The molecule has 0 atom stereocenters. The van der Waals surface area contributed by atoms with E-state index in [1.165, 1.54) is 18.2 Å². The van der Waals surface area contributed by atoms with Gasteiger partial charge in [-0.3, -0.25) is 14.4 Å². The van der Waals surface area contributed by atoms with Crippen LogP contribution in [-0.4, -0.2) is 24.0 Å². The first-order valence-electron chi connectivity index (χ1n) is 6.69. The molecule has 2 aromatic carbocycles. The Morgan fingerprint density at radius 1 is 0.727 bits per heavy atom. The number of carbonyl (C=O) groups excluding carboxylic acids is 3. The predicted octanol–water partition coefficient (Wildman–Crippen LogP) is 3.44. The van der Waals surface area contributed by atoms with Crippen molar-refractivity contribution >= 4 is 18.9 Å². The average molecular weight is 298 g/mol. The number of hydrogen-bond donors (Lipinski definition) is 1. The van der Waals surface area contributed by atoms with Crippen molar-refractivity contribution in [1.29, 1.82) is 0 Å². The van der Waals surface area contributed by atoms with Crippen LogP contribution in [0.4, 0.5) is 0 Å². The van der Waals surface area contributed by atoms with Crippen molar-refractivity contribution in [2.45, 2.75) is 20.8 Å². The Balaban J connectivity index is 0.000000224. The van der Waals surface area contributed by atoms with E-state index in [1.54, 1.807) is 0 Å². The molecule has 0 bridgehead atoms. The molecule has 0 unspecified atom stereocenters. The van der Waals surface area contributed by atoms with Crippen molar-refractivity contribution in [3.8, 4) is 5.75 Å². The van der Waals surface area contributed by atoms with Gasteiger partial charge in [-0.1, -0.05) is 12.1 Å². The van der Waals surface area contributed by atoms with Crippen LogP contribution in [0.25, 0.3) is 0 Å². The summed E-state index contributed by atoms with van der Waals surface area (Å²) in [5.74, 6) is 0.431. The third-order valence-electron chi connectivity index (χ3n) is 3.31. The molecule has 0 aliphatic rings. The maximum absolute atomic E-state index is 10.3. The summed E-state index contributed by atoms with van der Waals surface area (Å²) in [5.41, 5.74) is 4.08. The lowest BCUT2D eigenvalue weighted by molar-refractivity contribution is 0.112. The van der Waals surface area contributed by atoms with Crippen LogP contribution < -0.4 is 0 Å². The summed E-state index contributed by atoms with van der Waals surface area (Å²) < 4.78 is 0. The molecule has 22 heavy (non-hydrogen) atoms. The van der Waals surface area contributed by atoms with Gasteiger partial charge in [-0.25, -0.2) is 0 Å². The van der Waals surface area contributed by atoms with Crippen molar-refractivity contribution in [3.63, 3.8) is 0 Å². The molecule has 4 nitrogen and oxygen atoms in total. The molecule has 2 rings (SSSR count). The molecule has 1 N–H and O–H groups in total. The number of carbonyl (C=O) groups is 3. The molecular weight excluding hydrogens is 280 g/mol. The maximum atomic E-state index is 10.3. The number of aldehydes is 3. The molecule has 0 heterocycles. The topological polar surface area (TPSA) is 71.4 Å². The highest BCUT2D eigenvalue weighted by atomic mass is 16.3. The Hall–Kier alpha value is -2.75. The van der Waals surface area contributed by atoms with E-state index < -0.39 is 0 Å². The van der Waals surface area contributed by atoms with Crippen LogP contribution in [0.1, 0.15) is 47.8 Å². The van der Waals surface area contributed by atoms with Gasteiger partial charge in [0.25, 0.3) is 0 Å². The van der Waals surface area contributed by atoms with E-state index in [4.69, 9.17) is 0 Å². The van der Waals surface area contributed by atoms with Gasteiger partial charge in [-0.05, 0) is 55.7 Å². The summed E-state index contributed by atoms with van der Waals surface area (Å²) in [6.45, 7) is 5.83. The lowest BCUT2D eigenvalue weighted by atomic mass is 10.1. The fourth-order valence-electron chi connectivity index (χ4n) is 1.84. The van der Waals surface area contributed by atoms with Gasteiger partial charge in [-0.2, -0.15) is 0 Å². The minimum atomic E-state index is 0.335. The second kappa shape index (κ2) is 7.88. The fraction of sp³-hybridized carbons (Fsp3) is 0.167. The SMILES string of the molecule is Cc1ccc(C)c(O)c1C.O=Cc1cc(C=O)cc(C=O)c1. The standard InChI is InChI=1S/C9H6O3.C9H12O/c10-4-7-1-8(5-11)3-9(2-7)6-12;1-6-4-5-7(2)9(10)8(6)3/h1-6H;4-5,10H,1-3H3. The molecule has 114 valence electrons. The van der Waals surface area contributed by atoms with Gasteiger partial charge in [-0.15, -0.1) is 0 Å². The van der Waals surface area contributed by atoms with Crippen molar-refractivity contribution in [1.82, 2.24) is 0 Å². The highest BCUT2D eigenvalue weighted by molar-refractivity contribution is 5.87. The average Bonchev–Trinajstić information content (AvgIpc) is 2.56. The smallest absolute Gasteiger partial charge is 0.150 e. The van der Waals surface area contributed by atoms with Crippen molar-refractivity contribution in [2.24, 2.45) is 0 Å². The summed E-state index contributed by atoms with van der Waals surface area (Å²) >= 11 is 0. The minimum Gasteiger partial charge on any atom is -0.507 e. The minimum absolute atomic E-state index is 0.335. The van der Waals surface area contributed by atoms with E-state index in [0.29, 0.717) is 41.3 Å². The lowest BCUT2D eigenvalue weighted by Gasteiger charge is -2.04. The summed E-state index contributed by atoms with van der Waals surface area (Å²) in [5, 5.41) is 9.39. The number of phenolic OH excluding ortho intramolecular Hbond substituents is 1. The van der Waals surface area contributed by atoms with E-state index >= 15 is 0 Å². The zero-order chi connectivity index (χ0) is 16.7. The van der Waals surface area contributed by atoms with Gasteiger partial charge >= 0.3 is 0 Å². The molecule has 0 fully saturated rings. The van der Waals surface area contributed by atoms with Gasteiger partial charge in [0.1, 0.15) is 24.6 Å². The van der Waals surface area contributed by atoms with Gasteiger partial charge in [0, 0.05) is 16.7 Å². The van der Waals surface area contributed by atoms with Crippen LogP contribution in [0, 0.1) is 20.8 Å². The molecule has 0 radical (unpaired) electrons. The number of phenols is 1. The Morgan fingerprint density at radius 3 is 1.41 bits per heavy atom. The lowest BCUT2D eigenvalue weighted by Crippen LogP contribution is -1.89. The van der Waals surface area contributed by atoms with Gasteiger partial charge in [0.05, 0.1) is 0 Å². The highest BCUT2D eigenvalue weighted by Crippen LogP contribution is 2.23. The van der Waals surface area contributed by atoms with Crippen LogP contribution in [0.5, 0.6) is 5.75 Å². The first-order chi connectivity index (χ1) is 10.4. The van der Waals surface area contributed by atoms with Crippen LogP contribution >= 0.6 is 0 Å². The molecular formula is C18H18O4. The zero-order valence-corrected chi connectivity index (χ0v) is 12.8. The Kier molecular flexibility index (Phi) is 6.20. The molecule has 0 spiro atoms. The van der Waals surface area contributed by atoms with Crippen LogP contribution in [-0.2, 0) is 0 Å². The molecule has 2 aromatic rings. The van der Waals surface area contributed by atoms with Crippen molar-refractivity contribution in [3.05, 3.63) is 63.7 Å². The second-order valence-corrected chi connectivity index (χ2v) is 4.96. The monoisotopic (exact) mass is 298 g/mol. The van der Waals surface area contributed by atoms with E-state index in [-0.39, 0.29) is 0 Å².